The van der Waals surface area contributed by atoms with E-state index in [1.165, 1.54) is 0 Å². The molecule has 11 heavy (non-hydrogen) atoms. The summed E-state index contributed by atoms with van der Waals surface area (Å²) in [6.45, 7) is 2.19. The van der Waals surface area contributed by atoms with Crippen LogP contribution in [-0.4, -0.2) is 11.1 Å². The number of carboxylic acid groups (broad SMARTS) is 1. The minimum Gasteiger partial charge on any atom is -0.481 e. The fraction of sp³-hybridized carbons (Fsp3) is 0.889. The molecule has 0 aliphatic heterocycles. The normalized spacial score (nSPS) is 30.6. The zero-order valence-corrected chi connectivity index (χ0v) is 6.34. The number of carbonyl (C=O) groups is 1. The first-order valence-corrected chi connectivity index (χ1v) is 3.93. The number of hydrogen-bond acceptors (Lipinski definition) is 1. The van der Waals surface area contributed by atoms with Crippen LogP contribution < -0.4 is 0 Å². The first kappa shape index (κ1) is 10.5. The highest BCUT2D eigenvalue weighted by Gasteiger charge is 2.23. The second kappa shape index (κ2) is 4.37. The molecule has 0 saturated heterocycles. The smallest absolute Gasteiger partial charge is 0.306 e. The van der Waals surface area contributed by atoms with Crippen LogP contribution in [0.5, 0.6) is 0 Å². The summed E-state index contributed by atoms with van der Waals surface area (Å²) >= 11 is 0. The zero-order valence-electron chi connectivity index (χ0n) is 6.34. The van der Waals surface area contributed by atoms with Crippen molar-refractivity contribution in [1.82, 2.24) is 0 Å². The van der Waals surface area contributed by atoms with Crippen molar-refractivity contribution in [3.63, 3.8) is 0 Å². The molecule has 0 amide bonds. The van der Waals surface area contributed by atoms with E-state index in [9.17, 15) is 4.79 Å². The van der Waals surface area contributed by atoms with Crippen LogP contribution in [0.4, 0.5) is 0 Å². The summed E-state index contributed by atoms with van der Waals surface area (Å²) in [6.07, 6.45) is 3.96. The monoisotopic (exact) mass is 158 g/mol. The van der Waals surface area contributed by atoms with Gasteiger partial charge in [-0.2, -0.15) is 0 Å². The van der Waals surface area contributed by atoms with Crippen molar-refractivity contribution in [3.05, 3.63) is 0 Å². The highest BCUT2D eigenvalue weighted by Crippen LogP contribution is 2.27. The average Bonchev–Trinajstić information content (AvgIpc) is 1.88. The Morgan fingerprint density at radius 3 is 2.09 bits per heavy atom. The number of rotatable bonds is 1. The fourth-order valence-corrected chi connectivity index (χ4v) is 1.51. The van der Waals surface area contributed by atoms with E-state index in [4.69, 9.17) is 5.11 Å². The van der Waals surface area contributed by atoms with Crippen molar-refractivity contribution >= 4 is 5.97 Å². The molecule has 2 nitrogen and oxygen atoms in total. The van der Waals surface area contributed by atoms with Gasteiger partial charge in [-0.1, -0.05) is 14.4 Å². The van der Waals surface area contributed by atoms with Crippen molar-refractivity contribution < 1.29 is 9.90 Å². The Kier molecular flexibility index (Phi) is 4.16. The van der Waals surface area contributed by atoms with Gasteiger partial charge in [0.2, 0.25) is 0 Å². The lowest BCUT2D eigenvalue weighted by Gasteiger charge is -2.22. The zero-order chi connectivity index (χ0) is 7.56. The van der Waals surface area contributed by atoms with Gasteiger partial charge in [0, 0.05) is 0 Å². The molecule has 1 rings (SSSR count). The quantitative estimate of drug-likeness (QED) is 0.636. The van der Waals surface area contributed by atoms with Crippen LogP contribution in [0, 0.1) is 11.8 Å². The first-order chi connectivity index (χ1) is 4.70. The molecule has 0 aromatic heterocycles. The SMILES string of the molecule is C.CC1CCC(C(=O)O)CC1. The van der Waals surface area contributed by atoms with Crippen molar-refractivity contribution in [2.75, 3.05) is 0 Å². The molecule has 66 valence electrons. The number of aliphatic carboxylic acids is 1. The molecule has 0 bridgehead atoms. The van der Waals surface area contributed by atoms with Crippen molar-refractivity contribution in [3.8, 4) is 0 Å². The summed E-state index contributed by atoms with van der Waals surface area (Å²) in [7, 11) is 0. The van der Waals surface area contributed by atoms with Gasteiger partial charge in [-0.25, -0.2) is 0 Å². The number of hydrogen-bond donors (Lipinski definition) is 1. The fourth-order valence-electron chi connectivity index (χ4n) is 1.51. The lowest BCUT2D eigenvalue weighted by Crippen LogP contribution is -2.19. The van der Waals surface area contributed by atoms with Gasteiger partial charge >= 0.3 is 5.97 Å². The predicted octanol–water partition coefficient (Wildman–Crippen LogP) is 2.53. The van der Waals surface area contributed by atoms with Gasteiger partial charge in [0.15, 0.2) is 0 Å². The van der Waals surface area contributed by atoms with Gasteiger partial charge in [-0.3, -0.25) is 4.79 Å². The van der Waals surface area contributed by atoms with Crippen LogP contribution in [-0.2, 0) is 4.79 Å². The minimum atomic E-state index is -0.605. The number of carboxylic acids is 1. The molecule has 1 aliphatic carbocycles. The Morgan fingerprint density at radius 1 is 1.27 bits per heavy atom. The first-order valence-electron chi connectivity index (χ1n) is 3.93. The maximum absolute atomic E-state index is 10.5. The van der Waals surface area contributed by atoms with Crippen LogP contribution in [0.1, 0.15) is 40.0 Å². The lowest BCUT2D eigenvalue weighted by molar-refractivity contribution is -0.143. The molecule has 0 heterocycles. The summed E-state index contributed by atoms with van der Waals surface area (Å²) in [5.74, 6) is 0.0960. The molecule has 1 fully saturated rings. The molecule has 1 aliphatic rings. The molecular weight excluding hydrogens is 140 g/mol. The highest BCUT2D eigenvalue weighted by molar-refractivity contribution is 5.69. The van der Waals surface area contributed by atoms with Crippen molar-refractivity contribution in [1.29, 1.82) is 0 Å². The van der Waals surface area contributed by atoms with Crippen molar-refractivity contribution in [2.45, 2.75) is 40.0 Å². The van der Waals surface area contributed by atoms with E-state index >= 15 is 0 Å². The van der Waals surface area contributed by atoms with E-state index < -0.39 is 5.97 Å². The lowest BCUT2D eigenvalue weighted by atomic mass is 9.83. The Balaban J connectivity index is 0.000001000. The molecular formula is C9H18O2. The van der Waals surface area contributed by atoms with Crippen LogP contribution in [0.3, 0.4) is 0 Å². The maximum atomic E-state index is 10.5. The third-order valence-corrected chi connectivity index (χ3v) is 2.37. The van der Waals surface area contributed by atoms with Gasteiger partial charge in [0.05, 0.1) is 5.92 Å². The third-order valence-electron chi connectivity index (χ3n) is 2.37. The molecule has 0 unspecified atom stereocenters. The summed E-state index contributed by atoms with van der Waals surface area (Å²) in [4.78, 5) is 10.5. The van der Waals surface area contributed by atoms with Crippen LogP contribution in [0.2, 0.25) is 0 Å². The Labute approximate surface area is 68.6 Å². The van der Waals surface area contributed by atoms with Gasteiger partial charge < -0.3 is 5.11 Å². The molecule has 1 N–H and O–H groups in total. The van der Waals surface area contributed by atoms with E-state index in [0.29, 0.717) is 0 Å². The van der Waals surface area contributed by atoms with Crippen molar-refractivity contribution in [2.24, 2.45) is 11.8 Å². The molecule has 2 heteroatoms. The van der Waals surface area contributed by atoms with Crippen LogP contribution >= 0.6 is 0 Å². The molecule has 1 saturated carbocycles. The van der Waals surface area contributed by atoms with E-state index in [1.54, 1.807) is 0 Å². The second-order valence-corrected chi connectivity index (χ2v) is 3.30. The summed E-state index contributed by atoms with van der Waals surface area (Å²) in [6, 6.07) is 0. The Hall–Kier alpha value is -0.530. The van der Waals surface area contributed by atoms with Gasteiger partial charge in [-0.05, 0) is 31.6 Å². The standard InChI is InChI=1S/C8H14O2.CH4/c1-6-2-4-7(5-3-6)8(9)10;/h6-7H,2-5H2,1H3,(H,9,10);1H4. The van der Waals surface area contributed by atoms with E-state index in [0.717, 1.165) is 31.6 Å². The summed E-state index contributed by atoms with van der Waals surface area (Å²) in [5.41, 5.74) is 0. The Morgan fingerprint density at radius 2 is 1.73 bits per heavy atom. The molecule has 0 aromatic rings. The van der Waals surface area contributed by atoms with Gasteiger partial charge in [0.1, 0.15) is 0 Å². The third kappa shape index (κ3) is 2.91. The second-order valence-electron chi connectivity index (χ2n) is 3.30. The Bertz CT molecular complexity index is 124. The largest absolute Gasteiger partial charge is 0.481 e. The summed E-state index contributed by atoms with van der Waals surface area (Å²) in [5, 5.41) is 8.62. The minimum absolute atomic E-state index is 0. The van der Waals surface area contributed by atoms with E-state index in [-0.39, 0.29) is 13.3 Å². The van der Waals surface area contributed by atoms with Gasteiger partial charge in [0.25, 0.3) is 0 Å². The van der Waals surface area contributed by atoms with Gasteiger partial charge in [-0.15, -0.1) is 0 Å². The molecule has 0 spiro atoms. The topological polar surface area (TPSA) is 37.3 Å². The summed E-state index contributed by atoms with van der Waals surface area (Å²) < 4.78 is 0. The van der Waals surface area contributed by atoms with Crippen LogP contribution in [0.15, 0.2) is 0 Å². The maximum Gasteiger partial charge on any atom is 0.306 e. The predicted molar refractivity (Wildman–Crippen MR) is 45.5 cm³/mol. The molecule has 0 aromatic carbocycles. The van der Waals surface area contributed by atoms with Crippen LogP contribution in [0.25, 0.3) is 0 Å². The van der Waals surface area contributed by atoms with E-state index in [2.05, 4.69) is 6.92 Å². The van der Waals surface area contributed by atoms with E-state index in [1.807, 2.05) is 0 Å². The highest BCUT2D eigenvalue weighted by atomic mass is 16.4. The molecule has 0 radical (unpaired) electrons. The molecule has 0 atom stereocenters. The average molecular weight is 158 g/mol.